The average Bonchev–Trinajstić information content (AvgIpc) is 3.22. The van der Waals surface area contributed by atoms with Crippen LogP contribution in [-0.2, 0) is 16.2 Å². The van der Waals surface area contributed by atoms with Gasteiger partial charge < -0.3 is 14.8 Å². The minimum Gasteiger partial charge on any atom is -0.490 e. The first-order chi connectivity index (χ1) is 20.2. The van der Waals surface area contributed by atoms with E-state index < -0.39 is 17.1 Å². The number of anilines is 1. The van der Waals surface area contributed by atoms with Gasteiger partial charge in [0.25, 0.3) is 11.1 Å². The van der Waals surface area contributed by atoms with Gasteiger partial charge in [0.15, 0.2) is 11.5 Å². The van der Waals surface area contributed by atoms with Crippen molar-refractivity contribution in [3.05, 3.63) is 104 Å². The van der Waals surface area contributed by atoms with E-state index in [0.717, 1.165) is 44.1 Å². The van der Waals surface area contributed by atoms with Crippen molar-refractivity contribution in [2.24, 2.45) is 0 Å². The van der Waals surface area contributed by atoms with Gasteiger partial charge in [-0.15, -0.1) is 0 Å². The molecule has 3 amide bonds. The van der Waals surface area contributed by atoms with E-state index >= 15 is 0 Å². The number of fused-ring (bicyclic) bond motifs is 1. The molecule has 0 radical (unpaired) electrons. The van der Waals surface area contributed by atoms with Crippen molar-refractivity contribution in [1.82, 2.24) is 4.90 Å². The molecular weight excluding hydrogens is 616 g/mol. The number of halogens is 1. The Labute approximate surface area is 257 Å². The third kappa shape index (κ3) is 6.37. The van der Waals surface area contributed by atoms with E-state index in [1.54, 1.807) is 18.2 Å². The van der Waals surface area contributed by atoms with Crippen LogP contribution in [0.1, 0.15) is 29.2 Å². The molecule has 4 aromatic rings. The molecule has 0 atom stereocenters. The fourth-order valence-electron chi connectivity index (χ4n) is 4.65. The van der Waals surface area contributed by atoms with Gasteiger partial charge >= 0.3 is 0 Å². The maximum atomic E-state index is 13.1. The summed E-state index contributed by atoms with van der Waals surface area (Å²) in [5, 5.41) is 4.55. The molecule has 0 spiro atoms. The number of aryl methyl sites for hydroxylation is 1. The molecule has 7 nitrogen and oxygen atoms in total. The highest BCUT2D eigenvalue weighted by atomic mass is 79.9. The second-order valence-corrected chi connectivity index (χ2v) is 11.6. The Morgan fingerprint density at radius 3 is 2.57 bits per heavy atom. The first-order valence-corrected chi connectivity index (χ1v) is 15.0. The number of nitrogens with zero attached hydrogens (tertiary/aromatic N) is 1. The molecule has 0 bridgehead atoms. The zero-order valence-electron chi connectivity index (χ0n) is 23.4. The topological polar surface area (TPSA) is 84.9 Å². The molecule has 5 rings (SSSR count). The summed E-state index contributed by atoms with van der Waals surface area (Å²) in [7, 11) is 0. The van der Waals surface area contributed by atoms with Gasteiger partial charge in [-0.1, -0.05) is 54.6 Å². The second-order valence-electron chi connectivity index (χ2n) is 9.75. The lowest BCUT2D eigenvalue weighted by molar-refractivity contribution is -0.127. The number of ether oxygens (including phenoxy) is 2. The summed E-state index contributed by atoms with van der Waals surface area (Å²) in [6.07, 6.45) is 1.62. The Morgan fingerprint density at radius 1 is 1.00 bits per heavy atom. The molecule has 1 heterocycles. The summed E-state index contributed by atoms with van der Waals surface area (Å²) < 4.78 is 12.8. The molecule has 1 N–H and O–H groups in total. The number of rotatable bonds is 9. The highest BCUT2D eigenvalue weighted by Crippen LogP contribution is 2.40. The van der Waals surface area contributed by atoms with Crippen LogP contribution in [0.3, 0.4) is 0 Å². The van der Waals surface area contributed by atoms with E-state index in [2.05, 4.69) is 39.4 Å². The van der Waals surface area contributed by atoms with Crippen LogP contribution in [0, 0.1) is 13.8 Å². The summed E-state index contributed by atoms with van der Waals surface area (Å²) >= 11 is 4.40. The highest BCUT2D eigenvalue weighted by molar-refractivity contribution is 9.10. The number of benzene rings is 4. The third-order valence-corrected chi connectivity index (χ3v) is 8.43. The van der Waals surface area contributed by atoms with E-state index in [-0.39, 0.29) is 11.4 Å². The maximum absolute atomic E-state index is 13.1. The van der Waals surface area contributed by atoms with E-state index in [1.807, 2.05) is 63.2 Å². The van der Waals surface area contributed by atoms with E-state index in [1.165, 1.54) is 0 Å². The molecule has 42 heavy (non-hydrogen) atoms. The molecule has 0 saturated carbocycles. The van der Waals surface area contributed by atoms with Crippen molar-refractivity contribution in [2.45, 2.75) is 27.4 Å². The van der Waals surface area contributed by atoms with Crippen molar-refractivity contribution in [1.29, 1.82) is 0 Å². The van der Waals surface area contributed by atoms with Gasteiger partial charge in [0.1, 0.15) is 13.2 Å². The molecule has 1 saturated heterocycles. The smallest absolute Gasteiger partial charge is 0.294 e. The minimum absolute atomic E-state index is 0.221. The van der Waals surface area contributed by atoms with Crippen LogP contribution in [0.2, 0.25) is 0 Å². The molecule has 0 unspecified atom stereocenters. The van der Waals surface area contributed by atoms with Gasteiger partial charge in [-0.25, -0.2) is 0 Å². The van der Waals surface area contributed by atoms with Gasteiger partial charge in [0.2, 0.25) is 5.91 Å². The van der Waals surface area contributed by atoms with Gasteiger partial charge in [0, 0.05) is 5.69 Å². The minimum atomic E-state index is -0.522. The van der Waals surface area contributed by atoms with Crippen LogP contribution in [0.4, 0.5) is 10.5 Å². The molecule has 0 aliphatic carbocycles. The quantitative estimate of drug-likeness (QED) is 0.187. The SMILES string of the molecule is CCOc1cc(/C=C2/SC(=O)N(CC(=O)Nc3cccc(C)c3C)C2=O)cc(Br)c1OCc1cccc2ccccc12. The number of imide groups is 1. The summed E-state index contributed by atoms with van der Waals surface area (Å²) in [6.45, 7) is 6.11. The van der Waals surface area contributed by atoms with Crippen molar-refractivity contribution >= 4 is 67.3 Å². The van der Waals surface area contributed by atoms with Gasteiger partial charge in [-0.3, -0.25) is 19.3 Å². The van der Waals surface area contributed by atoms with Crippen LogP contribution in [0.25, 0.3) is 16.8 Å². The standard InChI is InChI=1S/C33H29BrN2O5S/c1-4-40-28-16-22(15-26(34)31(28)41-19-24-12-8-11-23-10-5-6-13-25(23)24)17-29-32(38)36(33(39)42-29)18-30(37)35-27-14-7-9-20(2)21(27)3/h5-17H,4,18-19H2,1-3H3,(H,35,37)/b29-17+. The Hall–Kier alpha value is -4.08. The predicted octanol–water partition coefficient (Wildman–Crippen LogP) is 7.87. The monoisotopic (exact) mass is 644 g/mol. The fourth-order valence-corrected chi connectivity index (χ4v) is 6.06. The largest absolute Gasteiger partial charge is 0.490 e. The molecule has 1 fully saturated rings. The summed E-state index contributed by atoms with van der Waals surface area (Å²) in [5.74, 6) is 0.0800. The Bertz CT molecular complexity index is 1730. The number of carbonyl (C=O) groups excluding carboxylic acids is 3. The summed E-state index contributed by atoms with van der Waals surface area (Å²) in [4.78, 5) is 39.7. The first kappa shape index (κ1) is 29.4. The maximum Gasteiger partial charge on any atom is 0.294 e. The number of hydrogen-bond acceptors (Lipinski definition) is 6. The van der Waals surface area contributed by atoms with Crippen LogP contribution in [0.5, 0.6) is 11.5 Å². The zero-order chi connectivity index (χ0) is 29.8. The van der Waals surface area contributed by atoms with Crippen LogP contribution in [-0.4, -0.2) is 35.1 Å². The van der Waals surface area contributed by atoms with Gasteiger partial charge in [0.05, 0.1) is 16.0 Å². The molecule has 1 aliphatic rings. The van der Waals surface area contributed by atoms with Crippen molar-refractivity contribution in [3.63, 3.8) is 0 Å². The zero-order valence-corrected chi connectivity index (χ0v) is 25.8. The molecule has 214 valence electrons. The van der Waals surface area contributed by atoms with Crippen LogP contribution in [0.15, 0.2) is 82.2 Å². The molecule has 0 aromatic heterocycles. The van der Waals surface area contributed by atoms with E-state index in [0.29, 0.717) is 40.4 Å². The lowest BCUT2D eigenvalue weighted by Crippen LogP contribution is -2.36. The fraction of sp³-hybridized carbons (Fsp3) is 0.182. The van der Waals surface area contributed by atoms with Gasteiger partial charge in [-0.2, -0.15) is 0 Å². The first-order valence-electron chi connectivity index (χ1n) is 13.4. The summed E-state index contributed by atoms with van der Waals surface area (Å²) in [6, 6.07) is 23.4. The average molecular weight is 646 g/mol. The Morgan fingerprint density at radius 2 is 1.76 bits per heavy atom. The predicted molar refractivity (Wildman–Crippen MR) is 171 cm³/mol. The van der Waals surface area contributed by atoms with E-state index in [9.17, 15) is 14.4 Å². The number of nitrogens with one attached hydrogen (secondary N) is 1. The van der Waals surface area contributed by atoms with Crippen molar-refractivity contribution in [3.8, 4) is 11.5 Å². The lowest BCUT2D eigenvalue weighted by atomic mass is 10.1. The van der Waals surface area contributed by atoms with Crippen LogP contribution >= 0.6 is 27.7 Å². The number of thioether (sulfide) groups is 1. The highest BCUT2D eigenvalue weighted by Gasteiger charge is 2.36. The number of carbonyl (C=O) groups is 3. The second kappa shape index (κ2) is 12.8. The Kier molecular flexibility index (Phi) is 8.99. The molecule has 1 aliphatic heterocycles. The lowest BCUT2D eigenvalue weighted by Gasteiger charge is -2.16. The number of hydrogen-bond donors (Lipinski definition) is 1. The molecule has 4 aromatic carbocycles. The normalized spacial score (nSPS) is 14.1. The van der Waals surface area contributed by atoms with Crippen molar-refractivity contribution in [2.75, 3.05) is 18.5 Å². The summed E-state index contributed by atoms with van der Waals surface area (Å²) in [5.41, 5.74) is 4.30. The van der Waals surface area contributed by atoms with Crippen LogP contribution < -0.4 is 14.8 Å². The van der Waals surface area contributed by atoms with Crippen molar-refractivity contribution < 1.29 is 23.9 Å². The van der Waals surface area contributed by atoms with E-state index in [4.69, 9.17) is 9.47 Å². The molecule has 9 heteroatoms. The number of amides is 3. The third-order valence-electron chi connectivity index (χ3n) is 6.94. The van der Waals surface area contributed by atoms with Gasteiger partial charge in [-0.05, 0) is 106 Å². The molecular formula is C33H29BrN2O5S. The Balaban J connectivity index is 1.33.